The average Bonchev–Trinajstić information content (AvgIpc) is 2.69. The van der Waals surface area contributed by atoms with Gasteiger partial charge in [0.2, 0.25) is 5.91 Å². The molecule has 0 atom stereocenters. The van der Waals surface area contributed by atoms with E-state index in [0.717, 1.165) is 5.56 Å². The molecule has 2 rings (SSSR count). The molecule has 0 aliphatic carbocycles. The third-order valence-electron chi connectivity index (χ3n) is 3.88. The average molecular weight is 413 g/mol. The molecule has 0 aromatic heterocycles. The van der Waals surface area contributed by atoms with Gasteiger partial charge >= 0.3 is 5.97 Å². The summed E-state index contributed by atoms with van der Waals surface area (Å²) in [6, 6.07) is 14.2. The quantitative estimate of drug-likeness (QED) is 0.476. The van der Waals surface area contributed by atoms with Crippen molar-refractivity contribution in [3.63, 3.8) is 0 Å². The molecule has 3 N–H and O–H groups in total. The number of nitrogens with one attached hydrogen (secondary N) is 3. The summed E-state index contributed by atoms with van der Waals surface area (Å²) in [4.78, 5) is 35.4. The van der Waals surface area contributed by atoms with E-state index in [4.69, 9.17) is 17.0 Å². The van der Waals surface area contributed by atoms with E-state index in [1.807, 2.05) is 13.0 Å². The smallest absolute Gasteiger partial charge is 0.306 e. The van der Waals surface area contributed by atoms with Gasteiger partial charge in [-0.1, -0.05) is 18.2 Å². The summed E-state index contributed by atoms with van der Waals surface area (Å²) >= 11 is 5.12. The number of amides is 2. The number of thiocarbonyl (C=S) groups is 1. The molecule has 7 nitrogen and oxygen atoms in total. The summed E-state index contributed by atoms with van der Waals surface area (Å²) < 4.78 is 4.78. The van der Waals surface area contributed by atoms with Gasteiger partial charge in [-0.05, 0) is 62.0 Å². The number of carbonyl (C=O) groups is 3. The Morgan fingerprint density at radius 2 is 1.72 bits per heavy atom. The van der Waals surface area contributed by atoms with E-state index < -0.39 is 5.97 Å². The van der Waals surface area contributed by atoms with E-state index in [0.29, 0.717) is 16.9 Å². The zero-order chi connectivity index (χ0) is 21.2. The lowest BCUT2D eigenvalue weighted by atomic mass is 10.1. The molecule has 0 saturated heterocycles. The second kappa shape index (κ2) is 10.9. The highest BCUT2D eigenvalue weighted by Gasteiger charge is 2.11. The second-order valence-corrected chi connectivity index (χ2v) is 6.57. The van der Waals surface area contributed by atoms with Crippen molar-refractivity contribution in [2.45, 2.75) is 26.7 Å². The summed E-state index contributed by atoms with van der Waals surface area (Å²) in [5.41, 5.74) is 2.74. The minimum absolute atomic E-state index is 0.00277. The van der Waals surface area contributed by atoms with E-state index in [-0.39, 0.29) is 36.4 Å². The maximum atomic E-state index is 12.3. The first-order valence-electron chi connectivity index (χ1n) is 9.12. The Morgan fingerprint density at radius 3 is 2.38 bits per heavy atom. The minimum Gasteiger partial charge on any atom is -0.466 e. The van der Waals surface area contributed by atoms with Crippen molar-refractivity contribution in [1.82, 2.24) is 5.32 Å². The standard InChI is InChI=1S/C21H23N3O4S/c1-3-28-19(26)12-11-18(25)24-21(29)22-16-9-10-17(14(2)13-16)23-20(27)15-7-5-4-6-8-15/h4-10,13H,3,11-12H2,1-2H3,(H,23,27)(H2,22,24,25,29). The number of ether oxygens (including phenoxy) is 1. The van der Waals surface area contributed by atoms with E-state index >= 15 is 0 Å². The lowest BCUT2D eigenvalue weighted by Crippen LogP contribution is -2.34. The molecule has 0 heterocycles. The van der Waals surface area contributed by atoms with Gasteiger partial charge in [0.15, 0.2) is 5.11 Å². The Labute approximate surface area is 174 Å². The highest BCUT2D eigenvalue weighted by molar-refractivity contribution is 7.80. The fourth-order valence-corrected chi connectivity index (χ4v) is 2.70. The summed E-state index contributed by atoms with van der Waals surface area (Å²) in [6.07, 6.45) is -0.0126. The number of benzene rings is 2. The maximum Gasteiger partial charge on any atom is 0.306 e. The summed E-state index contributed by atoms with van der Waals surface area (Å²) in [7, 11) is 0. The van der Waals surface area contributed by atoms with Gasteiger partial charge in [-0.15, -0.1) is 0 Å². The zero-order valence-corrected chi connectivity index (χ0v) is 17.1. The largest absolute Gasteiger partial charge is 0.466 e. The van der Waals surface area contributed by atoms with Crippen LogP contribution in [0.5, 0.6) is 0 Å². The van der Waals surface area contributed by atoms with Crippen molar-refractivity contribution in [3.05, 3.63) is 59.7 Å². The van der Waals surface area contributed by atoms with Gasteiger partial charge in [0.25, 0.3) is 5.91 Å². The lowest BCUT2D eigenvalue weighted by Gasteiger charge is -2.13. The third-order valence-corrected chi connectivity index (χ3v) is 4.09. The van der Waals surface area contributed by atoms with Crippen LogP contribution in [-0.2, 0) is 14.3 Å². The van der Waals surface area contributed by atoms with E-state index in [2.05, 4.69) is 16.0 Å². The molecule has 152 valence electrons. The fraction of sp³-hybridized carbons (Fsp3) is 0.238. The van der Waals surface area contributed by atoms with Crippen LogP contribution in [0.15, 0.2) is 48.5 Å². The molecule has 0 spiro atoms. The topological polar surface area (TPSA) is 96.5 Å². The Morgan fingerprint density at radius 1 is 1.00 bits per heavy atom. The van der Waals surface area contributed by atoms with E-state index in [1.54, 1.807) is 49.4 Å². The predicted molar refractivity (Wildman–Crippen MR) is 116 cm³/mol. The molecule has 0 bridgehead atoms. The van der Waals surface area contributed by atoms with Gasteiger partial charge in [0.1, 0.15) is 0 Å². The molecule has 0 radical (unpaired) electrons. The molecular weight excluding hydrogens is 390 g/mol. The van der Waals surface area contributed by atoms with Crippen molar-refractivity contribution in [3.8, 4) is 0 Å². The van der Waals surface area contributed by atoms with E-state index in [1.165, 1.54) is 0 Å². The first kappa shape index (κ1) is 22.0. The van der Waals surface area contributed by atoms with Gasteiger partial charge < -0.3 is 20.7 Å². The van der Waals surface area contributed by atoms with Crippen LogP contribution in [0.3, 0.4) is 0 Å². The number of hydrogen-bond acceptors (Lipinski definition) is 5. The van der Waals surface area contributed by atoms with E-state index in [9.17, 15) is 14.4 Å². The molecule has 0 unspecified atom stereocenters. The number of aryl methyl sites for hydroxylation is 1. The molecule has 0 aliphatic rings. The number of hydrogen-bond donors (Lipinski definition) is 3. The van der Waals surface area contributed by atoms with Crippen LogP contribution >= 0.6 is 12.2 Å². The Bertz CT molecular complexity index is 900. The molecule has 29 heavy (non-hydrogen) atoms. The Hall–Kier alpha value is -3.26. The van der Waals surface area contributed by atoms with Crippen LogP contribution in [0.1, 0.15) is 35.7 Å². The Balaban J connectivity index is 1.88. The minimum atomic E-state index is -0.426. The molecular formula is C21H23N3O4S. The summed E-state index contributed by atoms with van der Waals surface area (Å²) in [5, 5.41) is 8.41. The van der Waals surface area contributed by atoms with Crippen molar-refractivity contribution in [1.29, 1.82) is 0 Å². The van der Waals surface area contributed by atoms with Crippen LogP contribution in [0, 0.1) is 6.92 Å². The van der Waals surface area contributed by atoms with Gasteiger partial charge in [0.05, 0.1) is 13.0 Å². The predicted octanol–water partition coefficient (Wildman–Crippen LogP) is 3.40. The lowest BCUT2D eigenvalue weighted by molar-refractivity contribution is -0.144. The van der Waals surface area contributed by atoms with Gasteiger partial charge in [-0.25, -0.2) is 0 Å². The van der Waals surface area contributed by atoms with Crippen LogP contribution in [0.25, 0.3) is 0 Å². The van der Waals surface area contributed by atoms with Crippen molar-refractivity contribution in [2.75, 3.05) is 17.2 Å². The highest BCUT2D eigenvalue weighted by Crippen LogP contribution is 2.20. The number of carbonyl (C=O) groups excluding carboxylic acids is 3. The number of esters is 1. The normalized spacial score (nSPS) is 10.0. The summed E-state index contributed by atoms with van der Waals surface area (Å²) in [6.45, 7) is 3.84. The van der Waals surface area contributed by atoms with Crippen molar-refractivity contribution >= 4 is 46.5 Å². The number of anilines is 2. The van der Waals surface area contributed by atoms with Crippen molar-refractivity contribution in [2.24, 2.45) is 0 Å². The van der Waals surface area contributed by atoms with Crippen LogP contribution in [0.2, 0.25) is 0 Å². The molecule has 0 saturated carbocycles. The van der Waals surface area contributed by atoms with Crippen molar-refractivity contribution < 1.29 is 19.1 Å². The monoisotopic (exact) mass is 413 g/mol. The van der Waals surface area contributed by atoms with Gasteiger partial charge in [-0.3, -0.25) is 14.4 Å². The third kappa shape index (κ3) is 7.34. The first-order chi connectivity index (χ1) is 13.9. The molecule has 2 amide bonds. The SMILES string of the molecule is CCOC(=O)CCC(=O)NC(=S)Nc1ccc(NC(=O)c2ccccc2)c(C)c1. The summed E-state index contributed by atoms with van der Waals surface area (Å²) in [5.74, 6) is -0.997. The molecule has 0 aliphatic heterocycles. The fourth-order valence-electron chi connectivity index (χ4n) is 2.47. The van der Waals surface area contributed by atoms with Gasteiger partial charge in [-0.2, -0.15) is 0 Å². The van der Waals surface area contributed by atoms with Gasteiger partial charge in [0, 0.05) is 23.4 Å². The maximum absolute atomic E-state index is 12.3. The molecule has 8 heteroatoms. The highest BCUT2D eigenvalue weighted by atomic mass is 32.1. The van der Waals surface area contributed by atoms with Crippen LogP contribution in [0.4, 0.5) is 11.4 Å². The molecule has 2 aromatic rings. The number of rotatable bonds is 7. The molecule has 0 fully saturated rings. The second-order valence-electron chi connectivity index (χ2n) is 6.16. The van der Waals surface area contributed by atoms with Crippen LogP contribution < -0.4 is 16.0 Å². The first-order valence-corrected chi connectivity index (χ1v) is 9.53. The Kier molecular flexibility index (Phi) is 8.29. The molecule has 2 aromatic carbocycles. The van der Waals surface area contributed by atoms with Crippen LogP contribution in [-0.4, -0.2) is 29.5 Å². The zero-order valence-electron chi connectivity index (χ0n) is 16.3.